The third-order valence-corrected chi connectivity index (χ3v) is 3.56. The zero-order chi connectivity index (χ0) is 13.8. The fourth-order valence-corrected chi connectivity index (χ4v) is 2.02. The van der Waals surface area contributed by atoms with Crippen molar-refractivity contribution in [3.63, 3.8) is 0 Å². The summed E-state index contributed by atoms with van der Waals surface area (Å²) in [6, 6.07) is 15.8. The van der Waals surface area contributed by atoms with Gasteiger partial charge in [-0.2, -0.15) is 0 Å². The maximum Gasteiger partial charge on any atom is 0.231 e. The molecule has 2 aromatic carbocycles. The lowest BCUT2D eigenvalue weighted by molar-refractivity contribution is -0.117. The van der Waals surface area contributed by atoms with Crippen molar-refractivity contribution in [2.45, 2.75) is 26.7 Å². The fraction of sp³-hybridized carbons (Fsp3) is 0.235. The van der Waals surface area contributed by atoms with Crippen molar-refractivity contribution in [2.75, 3.05) is 5.32 Å². The van der Waals surface area contributed by atoms with E-state index < -0.39 is 0 Å². The average molecular weight is 253 g/mol. The van der Waals surface area contributed by atoms with Crippen LogP contribution < -0.4 is 5.32 Å². The maximum atomic E-state index is 12.3. The van der Waals surface area contributed by atoms with Crippen LogP contribution in [0.5, 0.6) is 0 Å². The van der Waals surface area contributed by atoms with Gasteiger partial charge in [0, 0.05) is 5.69 Å². The van der Waals surface area contributed by atoms with Crippen LogP contribution in [0.1, 0.15) is 29.5 Å². The lowest BCUT2D eigenvalue weighted by Crippen LogP contribution is -2.19. The first-order valence-corrected chi connectivity index (χ1v) is 6.51. The van der Waals surface area contributed by atoms with E-state index in [1.165, 1.54) is 5.56 Å². The summed E-state index contributed by atoms with van der Waals surface area (Å²) in [7, 11) is 0. The largest absolute Gasteiger partial charge is 0.325 e. The quantitative estimate of drug-likeness (QED) is 0.878. The molecule has 0 spiro atoms. The Bertz CT molecular complexity index is 575. The number of hydrogen-bond donors (Lipinski definition) is 1. The minimum absolute atomic E-state index is 0.0277. The third-order valence-electron chi connectivity index (χ3n) is 3.56. The van der Waals surface area contributed by atoms with Crippen LogP contribution in [0, 0.1) is 13.8 Å². The van der Waals surface area contributed by atoms with Crippen LogP contribution in [0.15, 0.2) is 48.5 Å². The van der Waals surface area contributed by atoms with E-state index in [9.17, 15) is 4.79 Å². The zero-order valence-corrected chi connectivity index (χ0v) is 11.6. The van der Waals surface area contributed by atoms with Crippen molar-refractivity contribution in [2.24, 2.45) is 0 Å². The Morgan fingerprint density at radius 1 is 1.00 bits per heavy atom. The van der Waals surface area contributed by atoms with Gasteiger partial charge >= 0.3 is 0 Å². The molecule has 19 heavy (non-hydrogen) atoms. The Morgan fingerprint density at radius 3 is 2.37 bits per heavy atom. The molecule has 2 nitrogen and oxygen atoms in total. The van der Waals surface area contributed by atoms with Crippen LogP contribution in [0.3, 0.4) is 0 Å². The maximum absolute atomic E-state index is 12.3. The SMILES string of the molecule is Cc1cccc(NC(=O)[C@@H](C)c2ccccc2)c1C. The number of hydrogen-bond acceptors (Lipinski definition) is 1. The Hall–Kier alpha value is -2.09. The van der Waals surface area contributed by atoms with E-state index >= 15 is 0 Å². The first-order chi connectivity index (χ1) is 9.09. The summed E-state index contributed by atoms with van der Waals surface area (Å²) in [6.07, 6.45) is 0. The molecular weight excluding hydrogens is 234 g/mol. The van der Waals surface area contributed by atoms with Crippen LogP contribution in [-0.2, 0) is 4.79 Å². The van der Waals surface area contributed by atoms with Gasteiger partial charge in [-0.15, -0.1) is 0 Å². The van der Waals surface area contributed by atoms with E-state index in [0.717, 1.165) is 16.8 Å². The van der Waals surface area contributed by atoms with E-state index in [4.69, 9.17) is 0 Å². The lowest BCUT2D eigenvalue weighted by atomic mass is 10.00. The van der Waals surface area contributed by atoms with Crippen molar-refractivity contribution < 1.29 is 4.79 Å². The highest BCUT2D eigenvalue weighted by Crippen LogP contribution is 2.21. The van der Waals surface area contributed by atoms with Gasteiger partial charge in [-0.1, -0.05) is 42.5 Å². The number of carbonyl (C=O) groups is 1. The molecule has 0 radical (unpaired) electrons. The summed E-state index contributed by atoms with van der Waals surface area (Å²) < 4.78 is 0. The number of aryl methyl sites for hydroxylation is 1. The van der Waals surface area contributed by atoms with Crippen molar-refractivity contribution in [1.29, 1.82) is 0 Å². The molecule has 0 aromatic heterocycles. The Kier molecular flexibility index (Phi) is 4.00. The molecule has 2 rings (SSSR count). The minimum Gasteiger partial charge on any atom is -0.325 e. The van der Waals surface area contributed by atoms with Crippen molar-refractivity contribution in [1.82, 2.24) is 0 Å². The highest BCUT2D eigenvalue weighted by molar-refractivity contribution is 5.96. The number of carbonyl (C=O) groups excluding carboxylic acids is 1. The monoisotopic (exact) mass is 253 g/mol. The van der Waals surface area contributed by atoms with Gasteiger partial charge in [0.2, 0.25) is 5.91 Å². The van der Waals surface area contributed by atoms with Gasteiger partial charge in [0.05, 0.1) is 5.92 Å². The lowest BCUT2D eigenvalue weighted by Gasteiger charge is -2.15. The second-order valence-electron chi connectivity index (χ2n) is 4.87. The standard InChI is InChI=1S/C17H19NO/c1-12-8-7-11-16(13(12)2)18-17(19)14(3)15-9-5-4-6-10-15/h4-11,14H,1-3H3,(H,18,19)/t14-/m0/s1. The number of rotatable bonds is 3. The smallest absolute Gasteiger partial charge is 0.231 e. The molecule has 0 unspecified atom stereocenters. The van der Waals surface area contributed by atoms with Crippen LogP contribution in [-0.4, -0.2) is 5.91 Å². The molecule has 0 aliphatic rings. The van der Waals surface area contributed by atoms with E-state index in [-0.39, 0.29) is 11.8 Å². The Morgan fingerprint density at radius 2 is 1.68 bits per heavy atom. The molecular formula is C17H19NO. The third kappa shape index (κ3) is 3.02. The molecule has 0 saturated heterocycles. The summed E-state index contributed by atoms with van der Waals surface area (Å²) in [4.78, 5) is 12.3. The molecule has 0 aliphatic heterocycles. The van der Waals surface area contributed by atoms with Gasteiger partial charge in [0.1, 0.15) is 0 Å². The summed E-state index contributed by atoms with van der Waals surface area (Å²) in [6.45, 7) is 6.00. The minimum atomic E-state index is -0.152. The molecule has 0 aliphatic carbocycles. The second kappa shape index (κ2) is 5.70. The van der Waals surface area contributed by atoms with Crippen LogP contribution in [0.2, 0.25) is 0 Å². The first kappa shape index (κ1) is 13.3. The van der Waals surface area contributed by atoms with Gasteiger partial charge in [-0.05, 0) is 43.5 Å². The normalized spacial score (nSPS) is 11.9. The second-order valence-corrected chi connectivity index (χ2v) is 4.87. The molecule has 2 heteroatoms. The average Bonchev–Trinajstić information content (AvgIpc) is 2.44. The van der Waals surface area contributed by atoms with E-state index in [2.05, 4.69) is 5.32 Å². The number of anilines is 1. The van der Waals surface area contributed by atoms with Gasteiger partial charge in [0.25, 0.3) is 0 Å². The molecule has 0 bridgehead atoms. The topological polar surface area (TPSA) is 29.1 Å². The van der Waals surface area contributed by atoms with Gasteiger partial charge in [-0.25, -0.2) is 0 Å². The van der Waals surface area contributed by atoms with Gasteiger partial charge in [0.15, 0.2) is 0 Å². The molecule has 0 fully saturated rings. The summed E-state index contributed by atoms with van der Waals surface area (Å²) >= 11 is 0. The number of nitrogens with one attached hydrogen (secondary N) is 1. The number of amides is 1. The summed E-state index contributed by atoms with van der Waals surface area (Å²) in [5.74, 6) is -0.124. The van der Waals surface area contributed by atoms with E-state index in [1.807, 2.05) is 69.3 Å². The fourth-order valence-electron chi connectivity index (χ4n) is 2.02. The zero-order valence-electron chi connectivity index (χ0n) is 11.6. The molecule has 1 amide bonds. The van der Waals surface area contributed by atoms with E-state index in [0.29, 0.717) is 0 Å². The van der Waals surface area contributed by atoms with Crippen molar-refractivity contribution in [3.05, 3.63) is 65.2 Å². The highest BCUT2D eigenvalue weighted by Gasteiger charge is 2.15. The predicted molar refractivity (Wildman–Crippen MR) is 79.4 cm³/mol. The first-order valence-electron chi connectivity index (χ1n) is 6.51. The van der Waals surface area contributed by atoms with Crippen molar-refractivity contribution >= 4 is 11.6 Å². The van der Waals surface area contributed by atoms with Crippen LogP contribution >= 0.6 is 0 Å². The van der Waals surface area contributed by atoms with Gasteiger partial charge < -0.3 is 5.32 Å². The highest BCUT2D eigenvalue weighted by atomic mass is 16.1. The van der Waals surface area contributed by atoms with Crippen LogP contribution in [0.25, 0.3) is 0 Å². The summed E-state index contributed by atoms with van der Waals surface area (Å²) in [5.41, 5.74) is 4.24. The molecule has 2 aromatic rings. The van der Waals surface area contributed by atoms with Crippen LogP contribution in [0.4, 0.5) is 5.69 Å². The Balaban J connectivity index is 2.15. The van der Waals surface area contributed by atoms with Gasteiger partial charge in [-0.3, -0.25) is 4.79 Å². The molecule has 0 heterocycles. The molecule has 98 valence electrons. The Labute approximate surface area is 114 Å². The van der Waals surface area contributed by atoms with Crippen molar-refractivity contribution in [3.8, 4) is 0 Å². The summed E-state index contributed by atoms with van der Waals surface area (Å²) in [5, 5.41) is 3.01. The number of benzene rings is 2. The predicted octanol–water partition coefficient (Wildman–Crippen LogP) is 4.05. The molecule has 0 saturated carbocycles. The van der Waals surface area contributed by atoms with E-state index in [1.54, 1.807) is 0 Å². The molecule has 1 atom stereocenters. The molecule has 1 N–H and O–H groups in total.